The van der Waals surface area contributed by atoms with Crippen molar-refractivity contribution in [3.63, 3.8) is 0 Å². The summed E-state index contributed by atoms with van der Waals surface area (Å²) < 4.78 is 31.1. The average molecular weight is 393 g/mol. The number of methoxy groups -OCH3 is 2. The summed E-state index contributed by atoms with van der Waals surface area (Å²) in [6.07, 6.45) is 2.93. The molecule has 0 spiro atoms. The lowest BCUT2D eigenvalue weighted by molar-refractivity contribution is 0.355. The van der Waals surface area contributed by atoms with Crippen molar-refractivity contribution >= 4 is 10.9 Å². The SMILES string of the molecule is COc1cc2nccc(Oc3ccc(-c4nccc(=O)[nH]4)cc3F)c2cc1OC. The number of hydrogen-bond donors (Lipinski definition) is 1. The van der Waals surface area contributed by atoms with Gasteiger partial charge in [0.2, 0.25) is 0 Å². The Morgan fingerprint density at radius 3 is 2.34 bits per heavy atom. The number of nitrogens with one attached hydrogen (secondary N) is 1. The fourth-order valence-corrected chi connectivity index (χ4v) is 2.90. The molecule has 2 aromatic heterocycles. The minimum atomic E-state index is -0.598. The summed E-state index contributed by atoms with van der Waals surface area (Å²) >= 11 is 0. The fourth-order valence-electron chi connectivity index (χ4n) is 2.90. The van der Waals surface area contributed by atoms with Gasteiger partial charge in [-0.2, -0.15) is 0 Å². The van der Waals surface area contributed by atoms with Crippen molar-refractivity contribution < 1.29 is 18.6 Å². The Morgan fingerprint density at radius 2 is 1.62 bits per heavy atom. The maximum atomic E-state index is 14.7. The molecule has 0 amide bonds. The van der Waals surface area contributed by atoms with Crippen molar-refractivity contribution in [1.82, 2.24) is 15.0 Å². The highest BCUT2D eigenvalue weighted by molar-refractivity contribution is 5.88. The maximum Gasteiger partial charge on any atom is 0.251 e. The molecular formula is C21H16FN3O4. The highest BCUT2D eigenvalue weighted by atomic mass is 19.1. The third kappa shape index (κ3) is 3.60. The Bertz CT molecular complexity index is 1260. The second kappa shape index (κ2) is 7.59. The van der Waals surface area contributed by atoms with Crippen LogP contribution in [-0.4, -0.2) is 29.2 Å². The summed E-state index contributed by atoms with van der Waals surface area (Å²) in [6, 6.07) is 10.7. The van der Waals surface area contributed by atoms with Crippen LogP contribution < -0.4 is 19.8 Å². The number of nitrogens with zero attached hydrogens (tertiary/aromatic N) is 2. The summed E-state index contributed by atoms with van der Waals surface area (Å²) in [6.45, 7) is 0. The van der Waals surface area contributed by atoms with Gasteiger partial charge in [0.15, 0.2) is 23.1 Å². The molecule has 0 unspecified atom stereocenters. The molecule has 0 aliphatic heterocycles. The van der Waals surface area contributed by atoms with E-state index in [-0.39, 0.29) is 17.1 Å². The van der Waals surface area contributed by atoms with E-state index in [4.69, 9.17) is 14.2 Å². The van der Waals surface area contributed by atoms with Gasteiger partial charge in [0.25, 0.3) is 5.56 Å². The normalized spacial score (nSPS) is 10.7. The Kier molecular flexibility index (Phi) is 4.82. The summed E-state index contributed by atoms with van der Waals surface area (Å²) in [7, 11) is 3.07. The molecule has 0 fully saturated rings. The van der Waals surface area contributed by atoms with Crippen molar-refractivity contribution in [2.75, 3.05) is 14.2 Å². The first-order valence-electron chi connectivity index (χ1n) is 8.63. The van der Waals surface area contributed by atoms with Gasteiger partial charge in [-0.05, 0) is 30.3 Å². The number of aromatic amines is 1. The molecule has 0 aliphatic rings. The fraction of sp³-hybridized carbons (Fsp3) is 0.0952. The third-order valence-corrected chi connectivity index (χ3v) is 4.30. The highest BCUT2D eigenvalue weighted by Gasteiger charge is 2.14. The molecule has 1 N–H and O–H groups in total. The van der Waals surface area contributed by atoms with E-state index in [0.717, 1.165) is 0 Å². The number of rotatable bonds is 5. The first kappa shape index (κ1) is 18.4. The average Bonchev–Trinajstić information content (AvgIpc) is 2.74. The van der Waals surface area contributed by atoms with E-state index in [2.05, 4.69) is 15.0 Å². The minimum Gasteiger partial charge on any atom is -0.493 e. The number of halogens is 1. The Labute approximate surface area is 164 Å². The molecule has 0 saturated heterocycles. The lowest BCUT2D eigenvalue weighted by atomic mass is 10.1. The molecule has 0 aliphatic carbocycles. The number of H-pyrrole nitrogens is 1. The third-order valence-electron chi connectivity index (χ3n) is 4.30. The van der Waals surface area contributed by atoms with Crippen LogP contribution in [0.4, 0.5) is 4.39 Å². The number of aromatic nitrogens is 3. The Morgan fingerprint density at radius 1 is 0.862 bits per heavy atom. The largest absolute Gasteiger partial charge is 0.493 e. The smallest absolute Gasteiger partial charge is 0.251 e. The highest BCUT2D eigenvalue weighted by Crippen LogP contribution is 2.37. The van der Waals surface area contributed by atoms with Gasteiger partial charge in [0.1, 0.15) is 11.6 Å². The van der Waals surface area contributed by atoms with Gasteiger partial charge < -0.3 is 19.2 Å². The van der Waals surface area contributed by atoms with E-state index in [9.17, 15) is 9.18 Å². The molecule has 0 saturated carbocycles. The maximum absolute atomic E-state index is 14.7. The monoisotopic (exact) mass is 393 g/mol. The minimum absolute atomic E-state index is 0.0225. The summed E-state index contributed by atoms with van der Waals surface area (Å²) in [4.78, 5) is 22.3. The molecule has 2 aromatic carbocycles. The van der Waals surface area contributed by atoms with E-state index >= 15 is 0 Å². The van der Waals surface area contributed by atoms with Crippen LogP contribution in [0.2, 0.25) is 0 Å². The van der Waals surface area contributed by atoms with Crippen LogP contribution in [0.25, 0.3) is 22.3 Å². The van der Waals surface area contributed by atoms with Crippen molar-refractivity contribution in [2.24, 2.45) is 0 Å². The van der Waals surface area contributed by atoms with E-state index in [1.807, 2.05) is 0 Å². The van der Waals surface area contributed by atoms with Crippen molar-refractivity contribution in [1.29, 1.82) is 0 Å². The van der Waals surface area contributed by atoms with Gasteiger partial charge in [0, 0.05) is 35.5 Å². The second-order valence-corrected chi connectivity index (χ2v) is 6.06. The zero-order valence-corrected chi connectivity index (χ0v) is 15.6. The standard InChI is InChI=1S/C21H16FN3O4/c1-27-18-10-13-15(11-19(18)28-2)23-7-5-16(13)29-17-4-3-12(9-14(17)22)21-24-8-6-20(26)25-21/h3-11H,1-2H3,(H,24,25,26). The molecule has 29 heavy (non-hydrogen) atoms. The summed E-state index contributed by atoms with van der Waals surface area (Å²) in [5, 5.41) is 0.641. The van der Waals surface area contributed by atoms with Crippen molar-refractivity contribution in [3.05, 3.63) is 71.0 Å². The zero-order chi connectivity index (χ0) is 20.4. The molecule has 4 aromatic rings. The number of ether oxygens (including phenoxy) is 3. The topological polar surface area (TPSA) is 86.3 Å². The quantitative estimate of drug-likeness (QED) is 0.553. The molecule has 7 nitrogen and oxygen atoms in total. The molecule has 0 atom stereocenters. The zero-order valence-electron chi connectivity index (χ0n) is 15.6. The Hall–Kier alpha value is -3.94. The van der Waals surface area contributed by atoms with E-state index < -0.39 is 5.82 Å². The van der Waals surface area contributed by atoms with Crippen LogP contribution >= 0.6 is 0 Å². The van der Waals surface area contributed by atoms with Gasteiger partial charge in [-0.25, -0.2) is 9.37 Å². The van der Waals surface area contributed by atoms with Crippen molar-refractivity contribution in [2.45, 2.75) is 0 Å². The van der Waals surface area contributed by atoms with Gasteiger partial charge in [-0.3, -0.25) is 9.78 Å². The predicted octanol–water partition coefficient (Wildman–Crippen LogP) is 3.93. The van der Waals surface area contributed by atoms with Crippen LogP contribution in [0, 0.1) is 5.82 Å². The van der Waals surface area contributed by atoms with Crippen molar-refractivity contribution in [3.8, 4) is 34.4 Å². The predicted molar refractivity (Wildman–Crippen MR) is 105 cm³/mol. The molecule has 146 valence electrons. The van der Waals surface area contributed by atoms with E-state index in [1.54, 1.807) is 30.5 Å². The van der Waals surface area contributed by atoms with Crippen LogP contribution in [0.15, 0.2) is 59.7 Å². The van der Waals surface area contributed by atoms with Crippen LogP contribution in [0.1, 0.15) is 0 Å². The van der Waals surface area contributed by atoms with Gasteiger partial charge in [0.05, 0.1) is 19.7 Å². The molecule has 8 heteroatoms. The Balaban J connectivity index is 1.72. The number of hydrogen-bond acceptors (Lipinski definition) is 6. The van der Waals surface area contributed by atoms with Gasteiger partial charge >= 0.3 is 0 Å². The molecule has 4 rings (SSSR count). The molecule has 2 heterocycles. The van der Waals surface area contributed by atoms with Gasteiger partial charge in [-0.1, -0.05) is 0 Å². The molecule has 0 radical (unpaired) electrons. The van der Waals surface area contributed by atoms with Crippen LogP contribution in [0.3, 0.4) is 0 Å². The van der Waals surface area contributed by atoms with E-state index in [1.165, 1.54) is 38.6 Å². The van der Waals surface area contributed by atoms with Gasteiger partial charge in [-0.15, -0.1) is 0 Å². The number of pyridine rings is 1. The first-order chi connectivity index (χ1) is 14.1. The number of benzene rings is 2. The molecule has 0 bridgehead atoms. The summed E-state index contributed by atoms with van der Waals surface area (Å²) in [5.41, 5.74) is 0.727. The lowest BCUT2D eigenvalue weighted by Crippen LogP contribution is -2.05. The molecular weight excluding hydrogens is 377 g/mol. The number of fused-ring (bicyclic) bond motifs is 1. The van der Waals surface area contributed by atoms with Crippen LogP contribution in [0.5, 0.6) is 23.0 Å². The lowest BCUT2D eigenvalue weighted by Gasteiger charge is -2.13. The van der Waals surface area contributed by atoms with E-state index in [0.29, 0.717) is 33.7 Å². The first-order valence-corrected chi connectivity index (χ1v) is 8.63. The summed E-state index contributed by atoms with van der Waals surface area (Å²) in [5.74, 6) is 1.15. The second-order valence-electron chi connectivity index (χ2n) is 6.06. The van der Waals surface area contributed by atoms with Crippen LogP contribution in [-0.2, 0) is 0 Å².